The summed E-state index contributed by atoms with van der Waals surface area (Å²) < 4.78 is 19.2. The van der Waals surface area contributed by atoms with Gasteiger partial charge in [-0.25, -0.2) is 4.39 Å². The Balaban J connectivity index is 2.11. The molecule has 4 nitrogen and oxygen atoms in total. The zero-order valence-corrected chi connectivity index (χ0v) is 14.6. The van der Waals surface area contributed by atoms with Gasteiger partial charge in [-0.1, -0.05) is 32.9 Å². The minimum absolute atomic E-state index is 0.128. The Morgan fingerprint density at radius 2 is 2.08 bits per heavy atom. The molecule has 1 unspecified atom stereocenters. The van der Waals surface area contributed by atoms with Crippen LogP contribution in [0.4, 0.5) is 4.39 Å². The largest absolute Gasteiger partial charge is 0.488 e. The van der Waals surface area contributed by atoms with E-state index in [-0.39, 0.29) is 29.7 Å². The van der Waals surface area contributed by atoms with Crippen LogP contribution in [0.15, 0.2) is 35.7 Å². The highest BCUT2D eigenvalue weighted by molar-refractivity contribution is 7.12. The topological polar surface area (TPSA) is 62.1 Å². The molecule has 1 heterocycles. The minimum Gasteiger partial charge on any atom is -0.488 e. The summed E-state index contributed by atoms with van der Waals surface area (Å²) >= 11 is 1.22. The zero-order chi connectivity index (χ0) is 17.7. The summed E-state index contributed by atoms with van der Waals surface area (Å²) in [5.41, 5.74) is 0.0468. The summed E-state index contributed by atoms with van der Waals surface area (Å²) in [6, 6.07) is 9.41. The van der Waals surface area contributed by atoms with Crippen molar-refractivity contribution < 1.29 is 13.9 Å². The number of nitriles is 1. The molecule has 1 amide bonds. The maximum Gasteiger partial charge on any atom is 0.263 e. The van der Waals surface area contributed by atoms with Gasteiger partial charge in [0.25, 0.3) is 5.91 Å². The van der Waals surface area contributed by atoms with E-state index in [9.17, 15) is 9.18 Å². The predicted octanol–water partition coefficient (Wildman–Crippen LogP) is 3.98. The smallest absolute Gasteiger partial charge is 0.263 e. The Labute approximate surface area is 144 Å². The number of ether oxygens (including phenoxy) is 1. The van der Waals surface area contributed by atoms with Crippen LogP contribution < -0.4 is 10.1 Å². The Morgan fingerprint density at radius 1 is 1.38 bits per heavy atom. The molecule has 6 heteroatoms. The van der Waals surface area contributed by atoms with Crippen molar-refractivity contribution in [1.82, 2.24) is 5.32 Å². The molecule has 1 aromatic heterocycles. The van der Waals surface area contributed by atoms with E-state index in [0.717, 1.165) is 0 Å². The monoisotopic (exact) mass is 346 g/mol. The van der Waals surface area contributed by atoms with Crippen molar-refractivity contribution in [3.8, 4) is 11.8 Å². The van der Waals surface area contributed by atoms with Crippen molar-refractivity contribution in [2.75, 3.05) is 6.61 Å². The summed E-state index contributed by atoms with van der Waals surface area (Å²) in [7, 11) is 0. The highest BCUT2D eigenvalue weighted by atomic mass is 32.1. The lowest BCUT2D eigenvalue weighted by Crippen LogP contribution is -2.47. The lowest BCUT2D eigenvalue weighted by atomic mass is 9.87. The molecule has 0 aliphatic heterocycles. The fourth-order valence-corrected chi connectivity index (χ4v) is 2.79. The number of nitrogens with zero attached hydrogens (tertiary/aromatic N) is 1. The molecule has 0 radical (unpaired) electrons. The maximum absolute atomic E-state index is 13.7. The number of nitrogens with one attached hydrogen (secondary N) is 1. The quantitative estimate of drug-likeness (QED) is 0.891. The molecule has 2 aromatic rings. The second-order valence-electron chi connectivity index (χ2n) is 6.41. The van der Waals surface area contributed by atoms with Crippen LogP contribution in [0.2, 0.25) is 0 Å². The number of carbonyl (C=O) groups excluding carboxylic acids is 1. The van der Waals surface area contributed by atoms with E-state index in [1.165, 1.54) is 17.4 Å². The molecular weight excluding hydrogens is 327 g/mol. The number of benzene rings is 1. The average molecular weight is 346 g/mol. The van der Waals surface area contributed by atoms with E-state index in [1.807, 2.05) is 26.8 Å². The Kier molecular flexibility index (Phi) is 5.58. The third-order valence-electron chi connectivity index (χ3n) is 3.58. The maximum atomic E-state index is 13.7. The van der Waals surface area contributed by atoms with Gasteiger partial charge in [-0.3, -0.25) is 4.79 Å². The Morgan fingerprint density at radius 3 is 2.71 bits per heavy atom. The minimum atomic E-state index is -0.443. The lowest BCUT2D eigenvalue weighted by Gasteiger charge is -2.31. The van der Waals surface area contributed by atoms with Crippen LogP contribution >= 0.6 is 11.3 Å². The van der Waals surface area contributed by atoms with Gasteiger partial charge in [-0.15, -0.1) is 11.3 Å². The molecule has 1 N–H and O–H groups in total. The lowest BCUT2D eigenvalue weighted by molar-refractivity contribution is 0.0864. The number of rotatable bonds is 5. The summed E-state index contributed by atoms with van der Waals surface area (Å²) in [6.07, 6.45) is 0. The standard InChI is InChI=1S/C18H19FN2O2S/c1-18(2,3)15(11-23-14-7-5-4-6-13(14)19)21-17(22)16-12(10-20)8-9-24-16/h4-9,15H,11H2,1-3H3,(H,21,22). The predicted molar refractivity (Wildman–Crippen MR) is 91.6 cm³/mol. The number of thiophene rings is 1. The third kappa shape index (κ3) is 4.33. The Bertz CT molecular complexity index is 759. The normalized spacial score (nSPS) is 12.3. The molecule has 126 valence electrons. The van der Waals surface area contributed by atoms with Crippen LogP contribution in [-0.2, 0) is 0 Å². The van der Waals surface area contributed by atoms with E-state index >= 15 is 0 Å². The van der Waals surface area contributed by atoms with Gasteiger partial charge in [0.2, 0.25) is 0 Å². The zero-order valence-electron chi connectivity index (χ0n) is 13.8. The SMILES string of the molecule is CC(C)(C)C(COc1ccccc1F)NC(=O)c1sccc1C#N. The number of para-hydroxylation sites is 1. The molecule has 0 saturated heterocycles. The second kappa shape index (κ2) is 7.45. The van der Waals surface area contributed by atoms with Crippen LogP contribution in [0.5, 0.6) is 5.75 Å². The molecule has 0 bridgehead atoms. The van der Waals surface area contributed by atoms with Gasteiger partial charge >= 0.3 is 0 Å². The van der Waals surface area contributed by atoms with Gasteiger partial charge in [0, 0.05) is 0 Å². The van der Waals surface area contributed by atoms with Crippen LogP contribution in [-0.4, -0.2) is 18.6 Å². The van der Waals surface area contributed by atoms with E-state index in [4.69, 9.17) is 10.00 Å². The van der Waals surface area contributed by atoms with Gasteiger partial charge in [-0.2, -0.15) is 5.26 Å². The van der Waals surface area contributed by atoms with Crippen molar-refractivity contribution in [2.24, 2.45) is 5.41 Å². The van der Waals surface area contributed by atoms with Crippen LogP contribution in [0.25, 0.3) is 0 Å². The summed E-state index contributed by atoms with van der Waals surface area (Å²) in [6.45, 7) is 6.01. The summed E-state index contributed by atoms with van der Waals surface area (Å²) in [5.74, 6) is -0.616. The molecule has 2 rings (SSSR count). The third-order valence-corrected chi connectivity index (χ3v) is 4.50. The first-order valence-corrected chi connectivity index (χ1v) is 8.36. The first-order valence-electron chi connectivity index (χ1n) is 7.48. The number of hydrogen-bond donors (Lipinski definition) is 1. The molecule has 0 saturated carbocycles. The van der Waals surface area contributed by atoms with E-state index in [2.05, 4.69) is 5.32 Å². The van der Waals surface area contributed by atoms with E-state index < -0.39 is 5.82 Å². The van der Waals surface area contributed by atoms with Crippen LogP contribution in [0, 0.1) is 22.6 Å². The average Bonchev–Trinajstić information content (AvgIpc) is 3.00. The molecule has 1 aromatic carbocycles. The number of halogens is 1. The second-order valence-corrected chi connectivity index (χ2v) is 7.32. The first kappa shape index (κ1) is 18.0. The highest BCUT2D eigenvalue weighted by Crippen LogP contribution is 2.23. The van der Waals surface area contributed by atoms with E-state index in [1.54, 1.807) is 29.6 Å². The van der Waals surface area contributed by atoms with Gasteiger partial charge in [0.05, 0.1) is 11.6 Å². The van der Waals surface area contributed by atoms with Crippen LogP contribution in [0.3, 0.4) is 0 Å². The van der Waals surface area contributed by atoms with Crippen molar-refractivity contribution in [2.45, 2.75) is 26.8 Å². The van der Waals surface area contributed by atoms with Crippen molar-refractivity contribution in [3.05, 3.63) is 52.0 Å². The number of carbonyl (C=O) groups is 1. The van der Waals surface area contributed by atoms with Crippen molar-refractivity contribution in [3.63, 3.8) is 0 Å². The number of amides is 1. The van der Waals surface area contributed by atoms with Gasteiger partial charge in [0.1, 0.15) is 17.6 Å². The Hall–Kier alpha value is -2.39. The fraction of sp³-hybridized carbons (Fsp3) is 0.333. The molecule has 1 atom stereocenters. The van der Waals surface area contributed by atoms with Crippen molar-refractivity contribution in [1.29, 1.82) is 5.26 Å². The molecule has 0 fully saturated rings. The van der Waals surface area contributed by atoms with Gasteiger partial charge in [0.15, 0.2) is 11.6 Å². The van der Waals surface area contributed by atoms with Gasteiger partial charge < -0.3 is 10.1 Å². The van der Waals surface area contributed by atoms with Crippen LogP contribution in [0.1, 0.15) is 36.0 Å². The number of hydrogen-bond acceptors (Lipinski definition) is 4. The molecule has 24 heavy (non-hydrogen) atoms. The first-order chi connectivity index (χ1) is 11.3. The highest BCUT2D eigenvalue weighted by Gasteiger charge is 2.28. The van der Waals surface area contributed by atoms with E-state index in [0.29, 0.717) is 10.4 Å². The van der Waals surface area contributed by atoms with Crippen molar-refractivity contribution >= 4 is 17.2 Å². The fourth-order valence-electron chi connectivity index (χ4n) is 2.04. The molecule has 0 spiro atoms. The molecular formula is C18H19FN2O2S. The van der Waals surface area contributed by atoms with Gasteiger partial charge in [-0.05, 0) is 29.0 Å². The molecule has 0 aliphatic carbocycles. The molecule has 0 aliphatic rings. The summed E-state index contributed by atoms with van der Waals surface area (Å²) in [4.78, 5) is 12.8. The summed E-state index contributed by atoms with van der Waals surface area (Å²) in [5, 5.41) is 13.6.